The summed E-state index contributed by atoms with van der Waals surface area (Å²) in [6, 6.07) is 7.69. The predicted octanol–water partition coefficient (Wildman–Crippen LogP) is 2.67. The molecule has 2 N–H and O–H groups in total. The van der Waals surface area contributed by atoms with Crippen LogP contribution in [0.1, 0.15) is 28.5 Å². The molecule has 0 radical (unpaired) electrons. The Bertz CT molecular complexity index is 664. The van der Waals surface area contributed by atoms with Gasteiger partial charge < -0.3 is 10.3 Å². The number of aromatic amines is 1. The van der Waals surface area contributed by atoms with Gasteiger partial charge in [0.2, 0.25) is 0 Å². The Hall–Kier alpha value is -2.28. The molecule has 1 aromatic carbocycles. The number of hydrogen-bond donors (Lipinski definition) is 2. The summed E-state index contributed by atoms with van der Waals surface area (Å²) in [4.78, 5) is 15.3. The van der Waals surface area contributed by atoms with Crippen molar-refractivity contribution in [3.63, 3.8) is 0 Å². The van der Waals surface area contributed by atoms with Crippen molar-refractivity contribution in [2.45, 2.75) is 20.8 Å². The number of nitriles is 1. The molecule has 0 aliphatic rings. The maximum Gasteiger partial charge on any atom is 0.251 e. The molecule has 0 aliphatic heterocycles. The van der Waals surface area contributed by atoms with E-state index in [1.807, 2.05) is 26.0 Å². The van der Waals surface area contributed by atoms with E-state index in [0.29, 0.717) is 12.1 Å². The van der Waals surface area contributed by atoms with Crippen molar-refractivity contribution in [2.24, 2.45) is 5.92 Å². The zero-order valence-corrected chi connectivity index (χ0v) is 11.4. The average molecular weight is 255 g/mol. The molecule has 0 spiro atoms. The molecule has 4 nitrogen and oxygen atoms in total. The normalized spacial score (nSPS) is 12.1. The smallest absolute Gasteiger partial charge is 0.251 e. The molecule has 1 atom stereocenters. The van der Waals surface area contributed by atoms with E-state index in [0.717, 1.165) is 22.2 Å². The second-order valence-electron chi connectivity index (χ2n) is 4.88. The minimum absolute atomic E-state index is 0.137. The predicted molar refractivity (Wildman–Crippen MR) is 74.9 cm³/mol. The Morgan fingerprint density at radius 1 is 1.47 bits per heavy atom. The van der Waals surface area contributed by atoms with Gasteiger partial charge in [-0.05, 0) is 44.5 Å². The summed E-state index contributed by atoms with van der Waals surface area (Å²) in [5.41, 5.74) is 3.94. The number of H-pyrrole nitrogens is 1. The third-order valence-electron chi connectivity index (χ3n) is 3.36. The molecule has 4 heteroatoms. The summed E-state index contributed by atoms with van der Waals surface area (Å²) in [6.45, 7) is 6.21. The molecule has 1 amide bonds. The molecule has 1 aromatic heterocycles. The fourth-order valence-electron chi connectivity index (χ4n) is 2.00. The highest BCUT2D eigenvalue weighted by atomic mass is 16.1. The lowest BCUT2D eigenvalue weighted by molar-refractivity contribution is 0.0951. The van der Waals surface area contributed by atoms with Gasteiger partial charge in [0.25, 0.3) is 5.91 Å². The van der Waals surface area contributed by atoms with Crippen molar-refractivity contribution >= 4 is 16.8 Å². The number of nitrogens with zero attached hydrogens (tertiary/aromatic N) is 1. The first kappa shape index (κ1) is 13.2. The Labute approximate surface area is 112 Å². The summed E-state index contributed by atoms with van der Waals surface area (Å²) in [5.74, 6) is -0.314. The second-order valence-corrected chi connectivity index (χ2v) is 4.88. The van der Waals surface area contributed by atoms with E-state index >= 15 is 0 Å². The molecule has 0 fully saturated rings. The Morgan fingerprint density at radius 2 is 2.21 bits per heavy atom. The maximum atomic E-state index is 12.0. The summed E-state index contributed by atoms with van der Waals surface area (Å²) in [7, 11) is 0. The van der Waals surface area contributed by atoms with Crippen molar-refractivity contribution in [3.05, 3.63) is 35.0 Å². The van der Waals surface area contributed by atoms with E-state index in [1.165, 1.54) is 0 Å². The summed E-state index contributed by atoms with van der Waals surface area (Å²) in [6.07, 6.45) is 0. The summed E-state index contributed by atoms with van der Waals surface area (Å²) < 4.78 is 0. The molecule has 1 unspecified atom stereocenters. The van der Waals surface area contributed by atoms with Crippen LogP contribution in [0.3, 0.4) is 0 Å². The monoisotopic (exact) mass is 255 g/mol. The first-order chi connectivity index (χ1) is 9.02. The quantitative estimate of drug-likeness (QED) is 0.885. The lowest BCUT2D eigenvalue weighted by Crippen LogP contribution is -2.27. The van der Waals surface area contributed by atoms with Crippen molar-refractivity contribution in [1.82, 2.24) is 10.3 Å². The van der Waals surface area contributed by atoms with Gasteiger partial charge in [-0.3, -0.25) is 4.79 Å². The van der Waals surface area contributed by atoms with Crippen LogP contribution in [0, 0.1) is 31.1 Å². The van der Waals surface area contributed by atoms with E-state index in [9.17, 15) is 4.79 Å². The van der Waals surface area contributed by atoms with Crippen LogP contribution in [0.15, 0.2) is 18.2 Å². The number of hydrogen-bond acceptors (Lipinski definition) is 2. The number of rotatable bonds is 3. The molecule has 0 bridgehead atoms. The number of aryl methyl sites for hydroxylation is 2. The van der Waals surface area contributed by atoms with Crippen LogP contribution in [0.25, 0.3) is 10.9 Å². The highest BCUT2D eigenvalue weighted by Gasteiger charge is 2.10. The van der Waals surface area contributed by atoms with Gasteiger partial charge in [-0.25, -0.2) is 0 Å². The largest absolute Gasteiger partial charge is 0.358 e. The lowest BCUT2D eigenvalue weighted by atomic mass is 10.1. The third-order valence-corrected chi connectivity index (χ3v) is 3.36. The van der Waals surface area contributed by atoms with Crippen molar-refractivity contribution in [3.8, 4) is 6.07 Å². The van der Waals surface area contributed by atoms with Gasteiger partial charge in [-0.1, -0.05) is 0 Å². The average Bonchev–Trinajstić information content (AvgIpc) is 2.70. The van der Waals surface area contributed by atoms with Crippen LogP contribution in [0.4, 0.5) is 0 Å². The Kier molecular flexibility index (Phi) is 3.57. The van der Waals surface area contributed by atoms with Gasteiger partial charge in [0.1, 0.15) is 0 Å². The fourth-order valence-corrected chi connectivity index (χ4v) is 2.00. The van der Waals surface area contributed by atoms with Crippen LogP contribution < -0.4 is 5.32 Å². The maximum absolute atomic E-state index is 12.0. The third kappa shape index (κ3) is 2.60. The number of carbonyl (C=O) groups excluding carboxylic acids is 1. The molecule has 2 aromatic rings. The summed E-state index contributed by atoms with van der Waals surface area (Å²) >= 11 is 0. The molecule has 1 heterocycles. The van der Waals surface area contributed by atoms with E-state index in [2.05, 4.69) is 16.4 Å². The van der Waals surface area contributed by atoms with Crippen LogP contribution in [-0.4, -0.2) is 17.4 Å². The van der Waals surface area contributed by atoms with Crippen molar-refractivity contribution in [2.75, 3.05) is 6.54 Å². The highest BCUT2D eigenvalue weighted by molar-refractivity contribution is 5.99. The van der Waals surface area contributed by atoms with Crippen molar-refractivity contribution < 1.29 is 4.79 Å². The van der Waals surface area contributed by atoms with Gasteiger partial charge in [-0.2, -0.15) is 5.26 Å². The van der Waals surface area contributed by atoms with Gasteiger partial charge in [0.05, 0.1) is 12.0 Å². The zero-order valence-electron chi connectivity index (χ0n) is 11.4. The van der Waals surface area contributed by atoms with Crippen molar-refractivity contribution in [1.29, 1.82) is 5.26 Å². The standard InChI is InChI=1S/C15H17N3O/c1-9(7-16)8-17-15(19)12-4-5-14-13(6-12)10(2)11(3)18-14/h4-6,9,18H,8H2,1-3H3,(H,17,19). The number of aromatic nitrogens is 1. The van der Waals surface area contributed by atoms with Gasteiger partial charge >= 0.3 is 0 Å². The second kappa shape index (κ2) is 5.15. The Morgan fingerprint density at radius 3 is 2.89 bits per heavy atom. The molecule has 19 heavy (non-hydrogen) atoms. The van der Waals surface area contributed by atoms with E-state index in [4.69, 9.17) is 5.26 Å². The number of benzene rings is 1. The molecule has 0 aliphatic carbocycles. The minimum Gasteiger partial charge on any atom is -0.358 e. The van der Waals surface area contributed by atoms with E-state index < -0.39 is 0 Å². The topological polar surface area (TPSA) is 68.7 Å². The first-order valence-electron chi connectivity index (χ1n) is 6.29. The lowest BCUT2D eigenvalue weighted by Gasteiger charge is -2.06. The van der Waals surface area contributed by atoms with Crippen LogP contribution in [0.5, 0.6) is 0 Å². The van der Waals surface area contributed by atoms with Crippen LogP contribution >= 0.6 is 0 Å². The van der Waals surface area contributed by atoms with Gasteiger partial charge in [0.15, 0.2) is 0 Å². The van der Waals surface area contributed by atoms with Crippen LogP contribution in [-0.2, 0) is 0 Å². The van der Waals surface area contributed by atoms with Gasteiger partial charge in [-0.15, -0.1) is 0 Å². The molecule has 0 saturated heterocycles. The number of nitrogens with one attached hydrogen (secondary N) is 2. The number of carbonyl (C=O) groups is 1. The Balaban J connectivity index is 2.23. The number of amides is 1. The van der Waals surface area contributed by atoms with Crippen LogP contribution in [0.2, 0.25) is 0 Å². The molecule has 98 valence electrons. The fraction of sp³-hybridized carbons (Fsp3) is 0.333. The molecule has 0 saturated carbocycles. The van der Waals surface area contributed by atoms with E-state index in [1.54, 1.807) is 13.0 Å². The molecule has 2 rings (SSSR count). The highest BCUT2D eigenvalue weighted by Crippen LogP contribution is 2.22. The first-order valence-corrected chi connectivity index (χ1v) is 6.29. The number of fused-ring (bicyclic) bond motifs is 1. The van der Waals surface area contributed by atoms with Gasteiger partial charge in [0, 0.05) is 28.7 Å². The summed E-state index contributed by atoms with van der Waals surface area (Å²) in [5, 5.41) is 12.5. The van der Waals surface area contributed by atoms with E-state index in [-0.39, 0.29) is 11.8 Å². The molecular weight excluding hydrogens is 238 g/mol. The SMILES string of the molecule is Cc1[nH]c2ccc(C(=O)NCC(C)C#N)cc2c1C. The minimum atomic E-state index is -0.177. The molecular formula is C15H17N3O. The zero-order chi connectivity index (χ0) is 14.0.